The van der Waals surface area contributed by atoms with Crippen molar-refractivity contribution >= 4 is 11.9 Å². The molecule has 0 aromatic heterocycles. The van der Waals surface area contributed by atoms with Gasteiger partial charge in [-0.25, -0.2) is 0 Å². The normalized spacial score (nSPS) is 13.0. The highest BCUT2D eigenvalue weighted by Crippen LogP contribution is 1.97. The van der Waals surface area contributed by atoms with E-state index in [9.17, 15) is 9.59 Å². The third kappa shape index (κ3) is 19.1. The average molecular weight is 292 g/mol. The number of carboxylic acid groups (broad SMARTS) is 2. The van der Waals surface area contributed by atoms with E-state index in [4.69, 9.17) is 33.1 Å². The van der Waals surface area contributed by atoms with Crippen LogP contribution in [0.5, 0.6) is 0 Å². The van der Waals surface area contributed by atoms with Crippen molar-refractivity contribution in [3.63, 3.8) is 0 Å². The second-order valence-electron chi connectivity index (χ2n) is 4.58. The molecule has 0 bridgehead atoms. The highest BCUT2D eigenvalue weighted by Gasteiger charge is 2.06. The van der Waals surface area contributed by atoms with Gasteiger partial charge < -0.3 is 33.1 Å². The molecule has 0 fully saturated rings. The van der Waals surface area contributed by atoms with Gasteiger partial charge in [-0.3, -0.25) is 9.59 Å². The lowest BCUT2D eigenvalue weighted by atomic mass is 10.1. The van der Waals surface area contributed by atoms with Crippen molar-refractivity contribution < 1.29 is 19.8 Å². The Morgan fingerprint density at radius 2 is 1.10 bits per heavy atom. The zero-order valence-electron chi connectivity index (χ0n) is 11.8. The summed E-state index contributed by atoms with van der Waals surface area (Å²) in [5, 5.41) is 16.5. The van der Waals surface area contributed by atoms with Gasteiger partial charge in [0.1, 0.15) is 0 Å². The molecule has 0 heterocycles. The molecule has 20 heavy (non-hydrogen) atoms. The van der Waals surface area contributed by atoms with Gasteiger partial charge in [-0.2, -0.15) is 0 Å². The second kappa shape index (κ2) is 14.2. The monoisotopic (exact) mass is 292 g/mol. The molecule has 0 rings (SSSR count). The first-order valence-electron chi connectivity index (χ1n) is 6.68. The molecular formula is C12H28N4O4. The minimum absolute atomic E-state index is 0.0417. The van der Waals surface area contributed by atoms with Gasteiger partial charge in [0.25, 0.3) is 0 Å². The van der Waals surface area contributed by atoms with E-state index in [1.807, 2.05) is 0 Å². The summed E-state index contributed by atoms with van der Waals surface area (Å²) in [6, 6.07) is -0.470. The molecule has 0 radical (unpaired) electrons. The zero-order valence-corrected chi connectivity index (χ0v) is 11.8. The van der Waals surface area contributed by atoms with Crippen LogP contribution in [0.25, 0.3) is 0 Å². The van der Waals surface area contributed by atoms with E-state index in [-0.39, 0.29) is 24.9 Å². The average Bonchev–Trinajstić information content (AvgIpc) is 2.33. The van der Waals surface area contributed by atoms with Gasteiger partial charge in [0.05, 0.1) is 12.8 Å². The number of aliphatic carboxylic acids is 2. The number of nitrogens with two attached hydrogens (primary N) is 4. The molecule has 8 heteroatoms. The van der Waals surface area contributed by atoms with Crippen molar-refractivity contribution in [3.05, 3.63) is 0 Å². The Labute approximate surface area is 119 Å². The van der Waals surface area contributed by atoms with Crippen LogP contribution in [0.1, 0.15) is 38.5 Å². The lowest BCUT2D eigenvalue weighted by molar-refractivity contribution is -0.138. The summed E-state index contributed by atoms with van der Waals surface area (Å²) in [6.07, 6.45) is 3.08. The van der Waals surface area contributed by atoms with Crippen molar-refractivity contribution in [2.75, 3.05) is 13.1 Å². The van der Waals surface area contributed by atoms with Crippen LogP contribution in [-0.4, -0.2) is 47.3 Å². The Bertz CT molecular complexity index is 238. The summed E-state index contributed by atoms with van der Waals surface area (Å²) in [6.45, 7) is 1.15. The van der Waals surface area contributed by atoms with E-state index in [1.54, 1.807) is 0 Å². The highest BCUT2D eigenvalue weighted by molar-refractivity contribution is 5.67. The molecule has 0 aliphatic carbocycles. The Morgan fingerprint density at radius 1 is 0.800 bits per heavy atom. The largest absolute Gasteiger partial charge is 0.481 e. The van der Waals surface area contributed by atoms with Crippen LogP contribution in [0.2, 0.25) is 0 Å². The van der Waals surface area contributed by atoms with Crippen molar-refractivity contribution in [1.82, 2.24) is 0 Å². The molecule has 0 aromatic carbocycles. The van der Waals surface area contributed by atoms with E-state index in [2.05, 4.69) is 0 Å². The van der Waals surface area contributed by atoms with Crippen molar-refractivity contribution in [2.24, 2.45) is 22.9 Å². The molecule has 0 spiro atoms. The van der Waals surface area contributed by atoms with E-state index in [1.165, 1.54) is 0 Å². The summed E-state index contributed by atoms with van der Waals surface area (Å²) in [5.74, 6) is -1.69. The van der Waals surface area contributed by atoms with Crippen LogP contribution in [0.15, 0.2) is 0 Å². The minimum Gasteiger partial charge on any atom is -0.481 e. The fourth-order valence-corrected chi connectivity index (χ4v) is 1.41. The van der Waals surface area contributed by atoms with Crippen LogP contribution >= 0.6 is 0 Å². The molecule has 10 N–H and O–H groups in total. The predicted molar refractivity (Wildman–Crippen MR) is 77.0 cm³/mol. The molecule has 120 valence electrons. The van der Waals surface area contributed by atoms with Gasteiger partial charge >= 0.3 is 11.9 Å². The second-order valence-corrected chi connectivity index (χ2v) is 4.58. The van der Waals surface area contributed by atoms with Crippen LogP contribution in [0.4, 0.5) is 0 Å². The molecule has 0 aromatic rings. The van der Waals surface area contributed by atoms with Gasteiger partial charge in [0.15, 0.2) is 0 Å². The summed E-state index contributed by atoms with van der Waals surface area (Å²) in [4.78, 5) is 20.1. The van der Waals surface area contributed by atoms with Crippen molar-refractivity contribution in [2.45, 2.75) is 50.6 Å². The minimum atomic E-state index is -0.843. The van der Waals surface area contributed by atoms with E-state index < -0.39 is 11.9 Å². The van der Waals surface area contributed by atoms with Gasteiger partial charge in [-0.05, 0) is 38.8 Å². The third-order valence-electron chi connectivity index (χ3n) is 2.43. The number of rotatable bonds is 10. The predicted octanol–water partition coefficient (Wildman–Crippen LogP) is -0.945. The number of carbonyl (C=O) groups is 2. The highest BCUT2D eigenvalue weighted by atomic mass is 16.4. The Morgan fingerprint density at radius 3 is 1.30 bits per heavy atom. The fraction of sp³-hybridized carbons (Fsp3) is 0.833. The molecule has 2 atom stereocenters. The van der Waals surface area contributed by atoms with Gasteiger partial charge in [0, 0.05) is 12.1 Å². The molecule has 0 saturated heterocycles. The Balaban J connectivity index is 0. The third-order valence-corrected chi connectivity index (χ3v) is 2.43. The number of hydrogen-bond donors (Lipinski definition) is 6. The summed E-state index contributed by atoms with van der Waals surface area (Å²) < 4.78 is 0. The first-order valence-corrected chi connectivity index (χ1v) is 6.68. The van der Waals surface area contributed by atoms with Crippen LogP contribution in [0, 0.1) is 0 Å². The quantitative estimate of drug-likeness (QED) is 0.298. The summed E-state index contributed by atoms with van der Waals surface area (Å²) in [7, 11) is 0. The molecule has 0 aliphatic heterocycles. The fourth-order valence-electron chi connectivity index (χ4n) is 1.41. The van der Waals surface area contributed by atoms with Gasteiger partial charge in [-0.1, -0.05) is 0 Å². The van der Waals surface area contributed by atoms with Crippen LogP contribution in [-0.2, 0) is 9.59 Å². The van der Waals surface area contributed by atoms with Crippen molar-refractivity contribution in [1.29, 1.82) is 0 Å². The van der Waals surface area contributed by atoms with E-state index in [0.717, 1.165) is 12.8 Å². The van der Waals surface area contributed by atoms with Crippen LogP contribution < -0.4 is 22.9 Å². The zero-order chi connectivity index (χ0) is 16.0. The number of hydrogen-bond acceptors (Lipinski definition) is 6. The molecule has 2 unspecified atom stereocenters. The Kier molecular flexibility index (Phi) is 15.0. The smallest absolute Gasteiger partial charge is 0.304 e. The Hall–Kier alpha value is -1.22. The maximum Gasteiger partial charge on any atom is 0.304 e. The van der Waals surface area contributed by atoms with Crippen molar-refractivity contribution in [3.8, 4) is 0 Å². The SMILES string of the molecule is NCCCC(N)CC(=O)O.NCCCC(N)CC(=O)O. The molecule has 0 aliphatic rings. The van der Waals surface area contributed by atoms with E-state index >= 15 is 0 Å². The molecular weight excluding hydrogens is 264 g/mol. The molecule has 0 amide bonds. The van der Waals surface area contributed by atoms with Crippen LogP contribution in [0.3, 0.4) is 0 Å². The van der Waals surface area contributed by atoms with Gasteiger partial charge in [0.2, 0.25) is 0 Å². The number of carboxylic acids is 2. The molecule has 0 saturated carbocycles. The van der Waals surface area contributed by atoms with Gasteiger partial charge in [-0.15, -0.1) is 0 Å². The lowest BCUT2D eigenvalue weighted by Gasteiger charge is -2.05. The maximum absolute atomic E-state index is 10.1. The maximum atomic E-state index is 10.1. The standard InChI is InChI=1S/2C6H14N2O2/c2*7-3-1-2-5(8)4-6(9)10/h2*5H,1-4,7-8H2,(H,9,10). The lowest BCUT2D eigenvalue weighted by Crippen LogP contribution is -2.24. The topological polar surface area (TPSA) is 179 Å². The van der Waals surface area contributed by atoms with E-state index in [0.29, 0.717) is 25.9 Å². The summed E-state index contributed by atoms with van der Waals surface area (Å²) in [5.41, 5.74) is 21.3. The first-order chi connectivity index (χ1) is 9.33. The molecule has 8 nitrogen and oxygen atoms in total. The summed E-state index contributed by atoms with van der Waals surface area (Å²) >= 11 is 0. The first kappa shape index (κ1) is 21.1.